The Hall–Kier alpha value is -1.82. The van der Waals surface area contributed by atoms with Crippen molar-refractivity contribution in [3.63, 3.8) is 0 Å². The Labute approximate surface area is 93.1 Å². The molecule has 1 rings (SSSR count). The van der Waals surface area contributed by atoms with E-state index in [2.05, 4.69) is 10.0 Å². The van der Waals surface area contributed by atoms with E-state index in [-0.39, 0.29) is 11.4 Å². The van der Waals surface area contributed by atoms with Crippen LogP contribution in [0.25, 0.3) is 16.5 Å². The molecule has 0 fully saturated rings. The summed E-state index contributed by atoms with van der Waals surface area (Å²) in [5, 5.41) is 8.27. The van der Waals surface area contributed by atoms with Crippen LogP contribution in [0.1, 0.15) is 5.56 Å². The second-order valence-corrected chi connectivity index (χ2v) is 4.49. The molecule has 16 heavy (non-hydrogen) atoms. The lowest BCUT2D eigenvalue weighted by Crippen LogP contribution is -2.11. The predicted molar refractivity (Wildman–Crippen MR) is 60.9 cm³/mol. The van der Waals surface area contributed by atoms with E-state index >= 15 is 0 Å². The van der Waals surface area contributed by atoms with E-state index in [1.54, 1.807) is 24.3 Å². The molecular formula is C9H10N4O2S. The van der Waals surface area contributed by atoms with E-state index in [9.17, 15) is 8.42 Å². The highest BCUT2D eigenvalue weighted by Gasteiger charge is 2.05. The summed E-state index contributed by atoms with van der Waals surface area (Å²) in [6, 6.07) is 6.07. The molecular weight excluding hydrogens is 228 g/mol. The third kappa shape index (κ3) is 3.74. The van der Waals surface area contributed by atoms with E-state index in [4.69, 9.17) is 10.7 Å². The van der Waals surface area contributed by atoms with Crippen LogP contribution in [-0.2, 0) is 10.0 Å². The summed E-state index contributed by atoms with van der Waals surface area (Å²) in [5.74, 6) is 0. The summed E-state index contributed by atoms with van der Waals surface area (Å²) >= 11 is 0. The molecule has 7 heteroatoms. The first kappa shape index (κ1) is 12.3. The molecule has 0 atom stereocenters. The van der Waals surface area contributed by atoms with Crippen LogP contribution in [0.2, 0.25) is 0 Å². The third-order valence-electron chi connectivity index (χ3n) is 1.77. The molecule has 0 radical (unpaired) electrons. The molecule has 0 heterocycles. The minimum absolute atomic E-state index is 0.0692. The number of benzene rings is 1. The van der Waals surface area contributed by atoms with Crippen LogP contribution in [0.3, 0.4) is 0 Å². The van der Waals surface area contributed by atoms with Gasteiger partial charge < -0.3 is 0 Å². The summed E-state index contributed by atoms with van der Waals surface area (Å²) in [6.07, 6.45) is 3.40. The molecule has 0 saturated heterocycles. The zero-order valence-electron chi connectivity index (χ0n) is 8.31. The Morgan fingerprint density at radius 1 is 1.38 bits per heavy atom. The maximum atomic E-state index is 10.9. The Morgan fingerprint density at radius 3 is 2.50 bits per heavy atom. The van der Waals surface area contributed by atoms with Crippen LogP contribution in [-0.4, -0.2) is 15.0 Å². The van der Waals surface area contributed by atoms with Crippen LogP contribution in [0.5, 0.6) is 0 Å². The lowest BCUT2D eigenvalue weighted by Gasteiger charge is -1.98. The number of azide groups is 1. The maximum Gasteiger partial charge on any atom is 0.238 e. The fraction of sp³-hybridized carbons (Fsp3) is 0.111. The number of hydrogen-bond donors (Lipinski definition) is 1. The SMILES string of the molecule is [N-]=[N+]=NCC=Cc1ccc(S(N)(=O)=O)cc1. The van der Waals surface area contributed by atoms with Gasteiger partial charge in [-0.25, -0.2) is 13.6 Å². The van der Waals surface area contributed by atoms with Gasteiger partial charge in [-0.3, -0.25) is 0 Å². The zero-order chi connectivity index (χ0) is 12.0. The van der Waals surface area contributed by atoms with Gasteiger partial charge in [0.25, 0.3) is 0 Å². The van der Waals surface area contributed by atoms with Crippen molar-refractivity contribution in [3.05, 3.63) is 46.3 Å². The van der Waals surface area contributed by atoms with Crippen molar-refractivity contribution >= 4 is 16.1 Å². The molecule has 1 aromatic carbocycles. The molecule has 0 aliphatic rings. The van der Waals surface area contributed by atoms with E-state index in [1.807, 2.05) is 0 Å². The average molecular weight is 238 g/mol. The highest BCUT2D eigenvalue weighted by molar-refractivity contribution is 7.89. The molecule has 6 nitrogen and oxygen atoms in total. The van der Waals surface area contributed by atoms with E-state index < -0.39 is 10.0 Å². The molecule has 0 saturated carbocycles. The third-order valence-corrected chi connectivity index (χ3v) is 2.70. The fourth-order valence-corrected chi connectivity index (χ4v) is 1.56. The largest absolute Gasteiger partial charge is 0.238 e. The van der Waals surface area contributed by atoms with Crippen molar-refractivity contribution in [2.24, 2.45) is 10.3 Å². The van der Waals surface area contributed by atoms with Crippen LogP contribution in [0.4, 0.5) is 0 Å². The van der Waals surface area contributed by atoms with Crippen LogP contribution in [0.15, 0.2) is 40.4 Å². The normalized spacial score (nSPS) is 11.3. The van der Waals surface area contributed by atoms with Gasteiger partial charge in [0.15, 0.2) is 0 Å². The van der Waals surface area contributed by atoms with Crippen molar-refractivity contribution in [2.75, 3.05) is 6.54 Å². The molecule has 0 amide bonds. The van der Waals surface area contributed by atoms with Crippen molar-refractivity contribution in [1.29, 1.82) is 0 Å². The van der Waals surface area contributed by atoms with Gasteiger partial charge in [-0.05, 0) is 23.2 Å². The second-order valence-electron chi connectivity index (χ2n) is 2.93. The van der Waals surface area contributed by atoms with Crippen molar-refractivity contribution in [2.45, 2.75) is 4.90 Å². The second kappa shape index (κ2) is 5.32. The summed E-state index contributed by atoms with van der Waals surface area (Å²) in [6.45, 7) is 0.257. The van der Waals surface area contributed by atoms with Gasteiger partial charge in [0.2, 0.25) is 10.0 Å². The molecule has 1 aromatic rings. The predicted octanol–water partition coefficient (Wildman–Crippen LogP) is 1.66. The van der Waals surface area contributed by atoms with Crippen LogP contribution in [0, 0.1) is 0 Å². The van der Waals surface area contributed by atoms with Gasteiger partial charge in [0.1, 0.15) is 0 Å². The Kier molecular flexibility index (Phi) is 4.07. The highest BCUT2D eigenvalue weighted by atomic mass is 32.2. The first-order chi connectivity index (χ1) is 7.54. The Morgan fingerprint density at radius 2 is 2.00 bits per heavy atom. The minimum Gasteiger partial charge on any atom is -0.225 e. The van der Waals surface area contributed by atoms with Gasteiger partial charge in [-0.1, -0.05) is 29.4 Å². The monoisotopic (exact) mass is 238 g/mol. The van der Waals surface area contributed by atoms with Gasteiger partial charge in [-0.15, -0.1) is 0 Å². The lowest BCUT2D eigenvalue weighted by atomic mass is 10.2. The number of sulfonamides is 1. The molecule has 0 bridgehead atoms. The van der Waals surface area contributed by atoms with Gasteiger partial charge >= 0.3 is 0 Å². The fourth-order valence-electron chi connectivity index (χ4n) is 1.04. The van der Waals surface area contributed by atoms with Gasteiger partial charge in [-0.2, -0.15) is 0 Å². The standard InChI is InChI=1S/C9H10N4O2S/c10-13-12-7-1-2-8-3-5-9(6-4-8)16(11,14)15/h1-6H,7H2,(H2,11,14,15). The van der Waals surface area contributed by atoms with Crippen molar-refractivity contribution in [3.8, 4) is 0 Å². The summed E-state index contributed by atoms with van der Waals surface area (Å²) in [5.41, 5.74) is 8.84. The first-order valence-corrected chi connectivity index (χ1v) is 5.89. The first-order valence-electron chi connectivity index (χ1n) is 4.34. The van der Waals surface area contributed by atoms with Crippen LogP contribution >= 0.6 is 0 Å². The summed E-state index contributed by atoms with van der Waals surface area (Å²) < 4.78 is 21.9. The van der Waals surface area contributed by atoms with Crippen molar-refractivity contribution in [1.82, 2.24) is 0 Å². The highest BCUT2D eigenvalue weighted by Crippen LogP contribution is 2.09. The minimum atomic E-state index is -3.64. The molecule has 0 spiro atoms. The lowest BCUT2D eigenvalue weighted by molar-refractivity contribution is 0.598. The Balaban J connectivity index is 2.80. The molecule has 0 unspecified atom stereocenters. The number of hydrogen-bond acceptors (Lipinski definition) is 3. The maximum absolute atomic E-state index is 10.9. The molecule has 84 valence electrons. The molecule has 0 aliphatic heterocycles. The summed E-state index contributed by atoms with van der Waals surface area (Å²) in [7, 11) is -3.64. The van der Waals surface area contributed by atoms with Crippen LogP contribution < -0.4 is 5.14 Å². The van der Waals surface area contributed by atoms with Crippen molar-refractivity contribution < 1.29 is 8.42 Å². The number of nitrogens with zero attached hydrogens (tertiary/aromatic N) is 3. The van der Waals surface area contributed by atoms with E-state index in [0.717, 1.165) is 5.56 Å². The smallest absolute Gasteiger partial charge is 0.225 e. The molecule has 2 N–H and O–H groups in total. The van der Waals surface area contributed by atoms with E-state index in [1.165, 1.54) is 12.1 Å². The number of rotatable bonds is 4. The summed E-state index contributed by atoms with van der Waals surface area (Å²) in [4.78, 5) is 2.66. The van der Waals surface area contributed by atoms with Gasteiger partial charge in [0.05, 0.1) is 4.90 Å². The average Bonchev–Trinajstić information content (AvgIpc) is 2.24. The Bertz CT molecular complexity index is 527. The molecule has 0 aromatic heterocycles. The van der Waals surface area contributed by atoms with Gasteiger partial charge in [0, 0.05) is 11.5 Å². The quantitative estimate of drug-likeness (QED) is 0.489. The number of nitrogens with two attached hydrogens (primary N) is 1. The number of primary sulfonamides is 1. The molecule has 0 aliphatic carbocycles. The zero-order valence-corrected chi connectivity index (χ0v) is 9.13. The topological polar surface area (TPSA) is 109 Å². The van der Waals surface area contributed by atoms with E-state index in [0.29, 0.717) is 0 Å².